The van der Waals surface area contributed by atoms with E-state index in [0.29, 0.717) is 11.3 Å². The summed E-state index contributed by atoms with van der Waals surface area (Å²) in [4.78, 5) is 0. The van der Waals surface area contributed by atoms with E-state index >= 15 is 0 Å². The third kappa shape index (κ3) is 2.57. The molecule has 1 aromatic heterocycles. The molecule has 0 aliphatic rings. The van der Waals surface area contributed by atoms with E-state index < -0.39 is 0 Å². The number of aromatic nitrogens is 2. The maximum atomic E-state index is 13.4. The fraction of sp³-hybridized carbons (Fsp3) is 0.0909. The Bertz CT molecular complexity index is 566. The second-order valence-electron chi connectivity index (χ2n) is 3.59. The number of hydrogen-bond donors (Lipinski definition) is 3. The van der Waals surface area contributed by atoms with E-state index in [9.17, 15) is 4.39 Å². The van der Waals surface area contributed by atoms with Crippen molar-refractivity contribution in [3.8, 4) is 0 Å². The molecule has 0 saturated heterocycles. The summed E-state index contributed by atoms with van der Waals surface area (Å²) < 4.78 is 14.6. The standard InChI is InChI=1S/C11H12FN5O/c12-10-4-2-1-3-8(10)5-14-11(16-18)17-7-9(13)6-15-17/h1-4,6-7,18H,5,13H2,(H,14,16). The Kier molecular flexibility index (Phi) is 3.42. The van der Waals surface area contributed by atoms with Crippen molar-refractivity contribution in [1.29, 1.82) is 0 Å². The van der Waals surface area contributed by atoms with Gasteiger partial charge in [0.2, 0.25) is 0 Å². The van der Waals surface area contributed by atoms with Gasteiger partial charge in [-0.25, -0.2) is 9.07 Å². The molecule has 94 valence electrons. The number of nitrogen functional groups attached to an aromatic ring is 1. The second kappa shape index (κ2) is 5.17. The van der Waals surface area contributed by atoms with Crippen molar-refractivity contribution >= 4 is 11.6 Å². The molecule has 2 aromatic rings. The molecule has 0 fully saturated rings. The molecule has 0 aliphatic heterocycles. The Balaban J connectivity index is 2.07. The molecule has 0 unspecified atom stereocenters. The van der Waals surface area contributed by atoms with Gasteiger partial charge in [0.15, 0.2) is 0 Å². The third-order valence-corrected chi connectivity index (χ3v) is 2.31. The Morgan fingerprint density at radius 3 is 2.89 bits per heavy atom. The first kappa shape index (κ1) is 11.9. The average molecular weight is 249 g/mol. The van der Waals surface area contributed by atoms with Gasteiger partial charge in [0.25, 0.3) is 5.96 Å². The van der Waals surface area contributed by atoms with Crippen molar-refractivity contribution in [2.45, 2.75) is 6.54 Å². The molecule has 2 rings (SSSR count). The molecule has 0 amide bonds. The van der Waals surface area contributed by atoms with E-state index in [0.717, 1.165) is 0 Å². The molecular formula is C11H12FN5O. The highest BCUT2D eigenvalue weighted by molar-refractivity contribution is 5.81. The summed E-state index contributed by atoms with van der Waals surface area (Å²) in [6.45, 7) is 0.172. The summed E-state index contributed by atoms with van der Waals surface area (Å²) in [7, 11) is 0. The lowest BCUT2D eigenvalue weighted by atomic mass is 10.2. The number of oxime groups is 1. The summed E-state index contributed by atoms with van der Waals surface area (Å²) in [5, 5.41) is 18.5. The van der Waals surface area contributed by atoms with E-state index in [1.807, 2.05) is 0 Å². The van der Waals surface area contributed by atoms with E-state index in [1.165, 1.54) is 23.1 Å². The minimum absolute atomic E-state index is 0.0648. The molecule has 1 heterocycles. The van der Waals surface area contributed by atoms with Crippen LogP contribution in [0.15, 0.2) is 41.8 Å². The van der Waals surface area contributed by atoms with Gasteiger partial charge < -0.3 is 16.3 Å². The van der Waals surface area contributed by atoms with Gasteiger partial charge in [-0.2, -0.15) is 5.10 Å². The SMILES string of the molecule is Nc1cnn(C(=NO)NCc2ccccc2F)c1. The van der Waals surface area contributed by atoms with Crippen LogP contribution >= 0.6 is 0 Å². The zero-order valence-electron chi connectivity index (χ0n) is 9.42. The zero-order chi connectivity index (χ0) is 13.0. The topological polar surface area (TPSA) is 88.5 Å². The van der Waals surface area contributed by atoms with Crippen molar-refractivity contribution in [3.05, 3.63) is 48.0 Å². The number of nitrogens with zero attached hydrogens (tertiary/aromatic N) is 3. The van der Waals surface area contributed by atoms with E-state index in [1.54, 1.807) is 18.2 Å². The van der Waals surface area contributed by atoms with Gasteiger partial charge in [-0.15, -0.1) is 0 Å². The van der Waals surface area contributed by atoms with Crippen molar-refractivity contribution in [2.75, 3.05) is 5.73 Å². The monoisotopic (exact) mass is 249 g/mol. The highest BCUT2D eigenvalue weighted by atomic mass is 19.1. The van der Waals surface area contributed by atoms with Crippen molar-refractivity contribution < 1.29 is 9.60 Å². The van der Waals surface area contributed by atoms with Crippen LogP contribution in [0.3, 0.4) is 0 Å². The first-order valence-corrected chi connectivity index (χ1v) is 5.20. The summed E-state index contributed by atoms with van der Waals surface area (Å²) >= 11 is 0. The largest absolute Gasteiger partial charge is 0.408 e. The van der Waals surface area contributed by atoms with Gasteiger partial charge in [-0.05, 0) is 11.2 Å². The van der Waals surface area contributed by atoms with Crippen molar-refractivity contribution in [3.63, 3.8) is 0 Å². The number of halogens is 1. The Morgan fingerprint density at radius 2 is 2.28 bits per heavy atom. The van der Waals surface area contributed by atoms with Crippen LogP contribution in [0.1, 0.15) is 5.56 Å². The Hall–Kier alpha value is -2.57. The highest BCUT2D eigenvalue weighted by Gasteiger charge is 2.06. The van der Waals surface area contributed by atoms with Crippen LogP contribution in [0.25, 0.3) is 0 Å². The number of benzene rings is 1. The molecule has 7 heteroatoms. The molecule has 1 aromatic carbocycles. The summed E-state index contributed by atoms with van der Waals surface area (Å²) in [6, 6.07) is 6.32. The maximum absolute atomic E-state index is 13.4. The molecule has 0 atom stereocenters. The average Bonchev–Trinajstić information content (AvgIpc) is 2.79. The predicted octanol–water partition coefficient (Wildman–Crippen LogP) is 0.987. The van der Waals surface area contributed by atoms with Crippen molar-refractivity contribution in [1.82, 2.24) is 15.1 Å². The van der Waals surface area contributed by atoms with Gasteiger partial charge >= 0.3 is 0 Å². The molecule has 0 aliphatic carbocycles. The normalized spacial score (nSPS) is 11.5. The molecule has 0 spiro atoms. The molecule has 6 nitrogen and oxygen atoms in total. The van der Waals surface area contributed by atoms with Crippen LogP contribution in [0.4, 0.5) is 10.1 Å². The zero-order valence-corrected chi connectivity index (χ0v) is 9.42. The number of hydrogen-bond acceptors (Lipinski definition) is 4. The summed E-state index contributed by atoms with van der Waals surface area (Å²) in [5.41, 5.74) is 6.39. The molecular weight excluding hydrogens is 237 g/mol. The minimum Gasteiger partial charge on any atom is -0.408 e. The van der Waals surface area contributed by atoms with Gasteiger partial charge in [0, 0.05) is 12.1 Å². The van der Waals surface area contributed by atoms with Gasteiger partial charge in [-0.1, -0.05) is 18.2 Å². The lowest BCUT2D eigenvalue weighted by molar-refractivity contribution is 0.313. The van der Waals surface area contributed by atoms with Gasteiger partial charge in [0.05, 0.1) is 18.1 Å². The molecule has 18 heavy (non-hydrogen) atoms. The van der Waals surface area contributed by atoms with Crippen LogP contribution in [0.5, 0.6) is 0 Å². The lowest BCUT2D eigenvalue weighted by Gasteiger charge is -2.08. The quantitative estimate of drug-likeness (QED) is 0.320. The van der Waals surface area contributed by atoms with Crippen LogP contribution in [-0.2, 0) is 6.54 Å². The van der Waals surface area contributed by atoms with Gasteiger partial charge in [-0.3, -0.25) is 0 Å². The smallest absolute Gasteiger partial charge is 0.260 e. The van der Waals surface area contributed by atoms with E-state index in [-0.39, 0.29) is 18.3 Å². The van der Waals surface area contributed by atoms with Crippen LogP contribution in [-0.4, -0.2) is 20.9 Å². The Morgan fingerprint density at radius 1 is 1.50 bits per heavy atom. The lowest BCUT2D eigenvalue weighted by Crippen LogP contribution is -2.30. The van der Waals surface area contributed by atoms with Crippen LogP contribution < -0.4 is 11.1 Å². The third-order valence-electron chi connectivity index (χ3n) is 2.31. The summed E-state index contributed by atoms with van der Waals surface area (Å²) in [5.74, 6) is -0.266. The first-order chi connectivity index (χ1) is 8.70. The Labute approximate surface area is 103 Å². The van der Waals surface area contributed by atoms with E-state index in [4.69, 9.17) is 10.9 Å². The minimum atomic E-state index is -0.331. The first-order valence-electron chi connectivity index (χ1n) is 5.20. The van der Waals surface area contributed by atoms with Gasteiger partial charge in [0.1, 0.15) is 5.82 Å². The number of anilines is 1. The molecule has 0 radical (unpaired) electrons. The van der Waals surface area contributed by atoms with Crippen LogP contribution in [0.2, 0.25) is 0 Å². The molecule has 0 saturated carbocycles. The number of nitrogens with two attached hydrogens (primary N) is 1. The van der Waals surface area contributed by atoms with E-state index in [2.05, 4.69) is 15.6 Å². The van der Waals surface area contributed by atoms with Crippen molar-refractivity contribution in [2.24, 2.45) is 5.16 Å². The molecule has 4 N–H and O–H groups in total. The fourth-order valence-electron chi connectivity index (χ4n) is 1.43. The second-order valence-corrected chi connectivity index (χ2v) is 3.59. The molecule has 0 bridgehead atoms. The maximum Gasteiger partial charge on any atom is 0.260 e. The van der Waals surface area contributed by atoms with Crippen LogP contribution in [0, 0.1) is 5.82 Å². The number of nitrogens with one attached hydrogen (secondary N) is 1. The summed E-state index contributed by atoms with van der Waals surface area (Å²) in [6.07, 6.45) is 2.89. The predicted molar refractivity (Wildman–Crippen MR) is 64.5 cm³/mol. The highest BCUT2D eigenvalue weighted by Crippen LogP contribution is 2.05. The fourth-order valence-corrected chi connectivity index (χ4v) is 1.43. The number of rotatable bonds is 2.